The summed E-state index contributed by atoms with van der Waals surface area (Å²) >= 11 is 0. The van der Waals surface area contributed by atoms with Gasteiger partial charge in [0.1, 0.15) is 11.5 Å². The van der Waals surface area contributed by atoms with Crippen LogP contribution in [0.1, 0.15) is 34.5 Å². The number of aliphatic hydroxyl groups excluding tert-OH is 1. The quantitative estimate of drug-likeness (QED) is 0.231. The van der Waals surface area contributed by atoms with Gasteiger partial charge in [0.15, 0.2) is 11.5 Å². The predicted molar refractivity (Wildman–Crippen MR) is 133 cm³/mol. The highest BCUT2D eigenvalue weighted by atomic mass is 16.7. The Bertz CT molecular complexity index is 1410. The number of ether oxygens (including phenoxy) is 4. The topological polar surface area (TPSA) is 112 Å². The van der Waals surface area contributed by atoms with Gasteiger partial charge in [-0.25, -0.2) is 4.79 Å². The maximum Gasteiger partial charge on any atom is 0.338 e. The number of esters is 1. The lowest BCUT2D eigenvalue weighted by atomic mass is 9.95. The fourth-order valence-electron chi connectivity index (χ4n) is 4.37. The molecule has 2 heterocycles. The van der Waals surface area contributed by atoms with Crippen LogP contribution in [0.2, 0.25) is 0 Å². The second-order valence-electron chi connectivity index (χ2n) is 8.28. The summed E-state index contributed by atoms with van der Waals surface area (Å²) in [4.78, 5) is 40.1. The van der Waals surface area contributed by atoms with Crippen LogP contribution < -0.4 is 19.1 Å². The molecule has 5 rings (SSSR count). The fourth-order valence-corrected chi connectivity index (χ4v) is 4.37. The molecule has 0 saturated carbocycles. The molecule has 9 heteroatoms. The van der Waals surface area contributed by atoms with E-state index in [0.29, 0.717) is 39.6 Å². The number of anilines is 1. The van der Waals surface area contributed by atoms with E-state index < -0.39 is 23.7 Å². The van der Waals surface area contributed by atoms with Crippen molar-refractivity contribution in [1.29, 1.82) is 0 Å². The number of fused-ring (bicyclic) bond motifs is 1. The standard InChI is InChI=1S/C28H23NO8/c1-3-35-28(33)17-4-9-19(10-5-17)29-24(16-6-11-20(34-2)12-7-16)23(26(31)27(29)32)25(30)18-8-13-21-22(14-18)37-15-36-21/h4-14,24,30H,3,15H2,1-2H3/b25-23-. The van der Waals surface area contributed by atoms with E-state index in [9.17, 15) is 19.5 Å². The predicted octanol–water partition coefficient (Wildman–Crippen LogP) is 4.23. The zero-order valence-electron chi connectivity index (χ0n) is 20.1. The van der Waals surface area contributed by atoms with Crippen LogP contribution in [0, 0.1) is 0 Å². The van der Waals surface area contributed by atoms with Crippen LogP contribution in [0.15, 0.2) is 72.3 Å². The van der Waals surface area contributed by atoms with Crippen LogP contribution in [0.25, 0.3) is 5.76 Å². The van der Waals surface area contributed by atoms with Crippen molar-refractivity contribution in [1.82, 2.24) is 0 Å². The van der Waals surface area contributed by atoms with Gasteiger partial charge in [0.05, 0.1) is 30.9 Å². The number of rotatable bonds is 6. The van der Waals surface area contributed by atoms with Gasteiger partial charge in [0, 0.05) is 11.3 Å². The number of carbonyl (C=O) groups excluding carboxylic acids is 3. The molecule has 1 atom stereocenters. The van der Waals surface area contributed by atoms with Gasteiger partial charge in [0.25, 0.3) is 11.7 Å². The monoisotopic (exact) mass is 501 g/mol. The van der Waals surface area contributed by atoms with Crippen LogP contribution in [-0.4, -0.2) is 43.3 Å². The lowest BCUT2D eigenvalue weighted by Crippen LogP contribution is -2.29. The number of amides is 1. The molecule has 0 aliphatic carbocycles. The number of hydrogen-bond donors (Lipinski definition) is 1. The van der Waals surface area contributed by atoms with Crippen molar-refractivity contribution in [2.75, 3.05) is 25.4 Å². The summed E-state index contributed by atoms with van der Waals surface area (Å²) in [5.74, 6) is -0.958. The van der Waals surface area contributed by atoms with Crippen molar-refractivity contribution >= 4 is 29.1 Å². The average Bonchev–Trinajstić information content (AvgIpc) is 3.50. The molecular formula is C28H23NO8. The number of hydrogen-bond acceptors (Lipinski definition) is 8. The third-order valence-corrected chi connectivity index (χ3v) is 6.18. The van der Waals surface area contributed by atoms with E-state index in [1.165, 1.54) is 24.1 Å². The summed E-state index contributed by atoms with van der Waals surface area (Å²) in [6.07, 6.45) is 0. The number of Topliss-reactive ketones (excluding diaryl/α,β-unsaturated/α-hetero) is 1. The number of aliphatic hydroxyl groups is 1. The average molecular weight is 501 g/mol. The van der Waals surface area contributed by atoms with E-state index in [2.05, 4.69) is 0 Å². The number of methoxy groups -OCH3 is 1. The van der Waals surface area contributed by atoms with Crippen LogP contribution in [-0.2, 0) is 14.3 Å². The minimum absolute atomic E-state index is 0.0532. The van der Waals surface area contributed by atoms with Crippen molar-refractivity contribution in [3.05, 3.63) is 89.0 Å². The van der Waals surface area contributed by atoms with Gasteiger partial charge >= 0.3 is 5.97 Å². The second kappa shape index (κ2) is 9.69. The number of benzene rings is 3. The lowest BCUT2D eigenvalue weighted by Gasteiger charge is -2.25. The van der Waals surface area contributed by atoms with Crippen molar-refractivity contribution in [2.45, 2.75) is 13.0 Å². The number of ketones is 1. The molecule has 9 nitrogen and oxygen atoms in total. The number of nitrogens with zero attached hydrogens (tertiary/aromatic N) is 1. The molecule has 3 aromatic carbocycles. The smallest absolute Gasteiger partial charge is 0.338 e. The lowest BCUT2D eigenvalue weighted by molar-refractivity contribution is -0.132. The van der Waals surface area contributed by atoms with Crippen molar-refractivity contribution in [3.63, 3.8) is 0 Å². The first-order valence-electron chi connectivity index (χ1n) is 11.5. The largest absolute Gasteiger partial charge is 0.507 e. The SMILES string of the molecule is CCOC(=O)c1ccc(N2C(=O)C(=O)/C(=C(\O)c3ccc4c(c3)OCO4)C2c2ccc(OC)cc2)cc1. The third kappa shape index (κ3) is 4.24. The molecular weight excluding hydrogens is 478 g/mol. The fraction of sp³-hybridized carbons (Fsp3) is 0.179. The molecule has 0 spiro atoms. The van der Waals surface area contributed by atoms with Crippen molar-refractivity contribution < 1.29 is 38.4 Å². The molecule has 1 fully saturated rings. The second-order valence-corrected chi connectivity index (χ2v) is 8.28. The summed E-state index contributed by atoms with van der Waals surface area (Å²) in [5, 5.41) is 11.3. The molecule has 1 amide bonds. The molecule has 0 radical (unpaired) electrons. The summed E-state index contributed by atoms with van der Waals surface area (Å²) in [5.41, 5.74) is 1.49. The molecule has 3 aromatic rings. The molecule has 1 saturated heterocycles. The molecule has 2 aliphatic rings. The van der Waals surface area contributed by atoms with Crippen LogP contribution in [0.4, 0.5) is 5.69 Å². The van der Waals surface area contributed by atoms with Crippen LogP contribution in [0.3, 0.4) is 0 Å². The maximum atomic E-state index is 13.3. The molecule has 2 aliphatic heterocycles. The molecule has 1 N–H and O–H groups in total. The normalized spacial score (nSPS) is 17.7. The summed E-state index contributed by atoms with van der Waals surface area (Å²) < 4.78 is 21.0. The first-order valence-corrected chi connectivity index (χ1v) is 11.5. The minimum Gasteiger partial charge on any atom is -0.507 e. The molecule has 0 bridgehead atoms. The first-order chi connectivity index (χ1) is 17.9. The Balaban J connectivity index is 1.63. The zero-order chi connectivity index (χ0) is 26.1. The van der Waals surface area contributed by atoms with E-state index in [1.54, 1.807) is 61.5 Å². The highest BCUT2D eigenvalue weighted by Gasteiger charge is 2.47. The van der Waals surface area contributed by atoms with E-state index in [1.807, 2.05) is 0 Å². The van der Waals surface area contributed by atoms with Crippen LogP contribution >= 0.6 is 0 Å². The third-order valence-electron chi connectivity index (χ3n) is 6.18. The summed E-state index contributed by atoms with van der Waals surface area (Å²) in [6.45, 7) is 1.99. The zero-order valence-corrected chi connectivity index (χ0v) is 20.1. The Morgan fingerprint density at radius 3 is 2.32 bits per heavy atom. The Labute approximate surface area is 212 Å². The minimum atomic E-state index is -0.940. The Morgan fingerprint density at radius 2 is 1.65 bits per heavy atom. The molecule has 37 heavy (non-hydrogen) atoms. The Morgan fingerprint density at radius 1 is 0.973 bits per heavy atom. The Kier molecular flexibility index (Phi) is 6.27. The highest BCUT2D eigenvalue weighted by molar-refractivity contribution is 6.51. The summed E-state index contributed by atoms with van der Waals surface area (Å²) in [7, 11) is 1.53. The number of carbonyl (C=O) groups is 3. The first kappa shape index (κ1) is 23.9. The van der Waals surface area contributed by atoms with Gasteiger partial charge in [-0.1, -0.05) is 12.1 Å². The van der Waals surface area contributed by atoms with E-state index in [4.69, 9.17) is 18.9 Å². The van der Waals surface area contributed by atoms with Gasteiger partial charge in [-0.3, -0.25) is 14.5 Å². The van der Waals surface area contributed by atoms with Gasteiger partial charge in [-0.05, 0) is 67.1 Å². The maximum absolute atomic E-state index is 13.3. The highest BCUT2D eigenvalue weighted by Crippen LogP contribution is 2.43. The van der Waals surface area contributed by atoms with Crippen molar-refractivity contribution in [2.24, 2.45) is 0 Å². The van der Waals surface area contributed by atoms with Gasteiger partial charge < -0.3 is 24.1 Å². The van der Waals surface area contributed by atoms with E-state index in [0.717, 1.165) is 0 Å². The van der Waals surface area contributed by atoms with Gasteiger partial charge in [-0.2, -0.15) is 0 Å². The Hall–Kier alpha value is -4.79. The molecule has 1 unspecified atom stereocenters. The summed E-state index contributed by atoms with van der Waals surface area (Å²) in [6, 6.07) is 16.9. The van der Waals surface area contributed by atoms with Crippen molar-refractivity contribution in [3.8, 4) is 17.2 Å². The van der Waals surface area contributed by atoms with E-state index >= 15 is 0 Å². The van der Waals surface area contributed by atoms with Gasteiger partial charge in [0.2, 0.25) is 6.79 Å². The van der Waals surface area contributed by atoms with Crippen LogP contribution in [0.5, 0.6) is 17.2 Å². The van der Waals surface area contributed by atoms with E-state index in [-0.39, 0.29) is 24.7 Å². The molecule has 188 valence electrons. The van der Waals surface area contributed by atoms with Gasteiger partial charge in [-0.15, -0.1) is 0 Å². The molecule has 0 aromatic heterocycles.